The number of likely N-dealkylation sites (tertiary alicyclic amines) is 1. The van der Waals surface area contributed by atoms with E-state index in [1.807, 2.05) is 32.6 Å². The Balaban J connectivity index is 2.17. The van der Waals surface area contributed by atoms with E-state index in [0.717, 1.165) is 19.5 Å². The molecule has 0 radical (unpaired) electrons. The predicted octanol–water partition coefficient (Wildman–Crippen LogP) is 0.946. The molecule has 0 bridgehead atoms. The van der Waals surface area contributed by atoms with Crippen molar-refractivity contribution in [3.05, 3.63) is 0 Å². The van der Waals surface area contributed by atoms with E-state index in [1.165, 1.54) is 0 Å². The lowest BCUT2D eigenvalue weighted by Crippen LogP contribution is -2.66. The van der Waals surface area contributed by atoms with Crippen molar-refractivity contribution in [3.8, 4) is 0 Å². The van der Waals surface area contributed by atoms with Crippen LogP contribution in [-0.2, 0) is 9.59 Å². The normalized spacial score (nSPS) is 31.4. The molecule has 1 N–H and O–H groups in total. The number of carbonyl (C=O) groups excluding carboxylic acids is 2. The Morgan fingerprint density at radius 3 is 2.33 bits per heavy atom. The number of nitrogens with zero attached hydrogens (tertiary/aromatic N) is 2. The Morgan fingerprint density at radius 1 is 1.19 bits per heavy atom. The first-order chi connectivity index (χ1) is 9.81. The van der Waals surface area contributed by atoms with Crippen LogP contribution in [0, 0.1) is 17.8 Å². The summed E-state index contributed by atoms with van der Waals surface area (Å²) in [5.41, 5.74) is 0. The van der Waals surface area contributed by atoms with Gasteiger partial charge in [0.15, 0.2) is 0 Å². The maximum Gasteiger partial charge on any atom is 0.246 e. The van der Waals surface area contributed by atoms with E-state index in [-0.39, 0.29) is 35.7 Å². The molecule has 3 atom stereocenters. The van der Waals surface area contributed by atoms with E-state index in [0.29, 0.717) is 12.5 Å². The smallest absolute Gasteiger partial charge is 0.246 e. The minimum absolute atomic E-state index is 0.00894. The van der Waals surface area contributed by atoms with Crippen molar-refractivity contribution in [1.29, 1.82) is 0 Å². The lowest BCUT2D eigenvalue weighted by Gasteiger charge is -2.43. The topological polar surface area (TPSA) is 52.7 Å². The van der Waals surface area contributed by atoms with Crippen LogP contribution in [0.3, 0.4) is 0 Å². The minimum atomic E-state index is -0.369. The van der Waals surface area contributed by atoms with Crippen LogP contribution in [0.2, 0.25) is 0 Å². The minimum Gasteiger partial charge on any atom is -0.342 e. The SMILES string of the molecule is CC(C)C1NC(=O)C(C(C)C)N(CC2CCN(C)C2)C1=O. The van der Waals surface area contributed by atoms with Gasteiger partial charge in [0.25, 0.3) is 0 Å². The van der Waals surface area contributed by atoms with Gasteiger partial charge in [0.2, 0.25) is 11.8 Å². The fourth-order valence-electron chi connectivity index (χ4n) is 3.53. The monoisotopic (exact) mass is 295 g/mol. The molecule has 2 fully saturated rings. The number of carbonyl (C=O) groups is 2. The van der Waals surface area contributed by atoms with Crippen LogP contribution in [0.1, 0.15) is 34.1 Å². The number of rotatable bonds is 4. The van der Waals surface area contributed by atoms with Crippen LogP contribution < -0.4 is 5.32 Å². The third-order valence-electron chi connectivity index (χ3n) is 4.69. The molecule has 0 aliphatic carbocycles. The van der Waals surface area contributed by atoms with Crippen molar-refractivity contribution in [2.45, 2.75) is 46.2 Å². The number of nitrogens with one attached hydrogen (secondary N) is 1. The van der Waals surface area contributed by atoms with Crippen molar-refractivity contribution < 1.29 is 9.59 Å². The molecule has 2 saturated heterocycles. The zero-order valence-electron chi connectivity index (χ0n) is 13.9. The van der Waals surface area contributed by atoms with Gasteiger partial charge in [0.05, 0.1) is 0 Å². The first kappa shape index (κ1) is 16.3. The largest absolute Gasteiger partial charge is 0.342 e. The Bertz CT molecular complexity index is 408. The van der Waals surface area contributed by atoms with E-state index < -0.39 is 0 Å². The molecule has 120 valence electrons. The number of hydrogen-bond acceptors (Lipinski definition) is 3. The molecular weight excluding hydrogens is 266 g/mol. The molecule has 2 aliphatic rings. The van der Waals surface area contributed by atoms with Gasteiger partial charge in [-0.3, -0.25) is 9.59 Å². The Labute approximate surface area is 128 Å². The molecule has 2 heterocycles. The second-order valence-electron chi connectivity index (χ2n) is 7.33. The van der Waals surface area contributed by atoms with Gasteiger partial charge in [-0.1, -0.05) is 27.7 Å². The van der Waals surface area contributed by atoms with E-state index in [2.05, 4.69) is 17.3 Å². The molecule has 2 rings (SSSR count). The van der Waals surface area contributed by atoms with Crippen molar-refractivity contribution in [2.24, 2.45) is 17.8 Å². The van der Waals surface area contributed by atoms with E-state index in [4.69, 9.17) is 0 Å². The summed E-state index contributed by atoms with van der Waals surface area (Å²) in [6.45, 7) is 10.8. The second-order valence-corrected chi connectivity index (χ2v) is 7.33. The highest BCUT2D eigenvalue weighted by Gasteiger charge is 2.43. The van der Waals surface area contributed by atoms with Gasteiger partial charge in [0, 0.05) is 13.1 Å². The lowest BCUT2D eigenvalue weighted by atomic mass is 9.91. The Kier molecular flexibility index (Phi) is 4.91. The van der Waals surface area contributed by atoms with Gasteiger partial charge in [-0.2, -0.15) is 0 Å². The van der Waals surface area contributed by atoms with Crippen LogP contribution in [0.5, 0.6) is 0 Å². The predicted molar refractivity (Wildman–Crippen MR) is 82.7 cm³/mol. The number of hydrogen-bond donors (Lipinski definition) is 1. The first-order valence-corrected chi connectivity index (χ1v) is 8.10. The Morgan fingerprint density at radius 2 is 1.86 bits per heavy atom. The van der Waals surface area contributed by atoms with E-state index in [9.17, 15) is 9.59 Å². The molecule has 3 unspecified atom stereocenters. The summed E-state index contributed by atoms with van der Waals surface area (Å²) in [5.74, 6) is 0.857. The maximum absolute atomic E-state index is 12.8. The summed E-state index contributed by atoms with van der Waals surface area (Å²) in [6, 6.07) is -0.690. The van der Waals surface area contributed by atoms with E-state index in [1.54, 1.807) is 0 Å². The highest BCUT2D eigenvalue weighted by Crippen LogP contribution is 2.24. The first-order valence-electron chi connectivity index (χ1n) is 8.10. The molecule has 0 spiro atoms. The number of amides is 2. The van der Waals surface area contributed by atoms with Crippen LogP contribution in [-0.4, -0.2) is 60.4 Å². The highest BCUT2D eigenvalue weighted by atomic mass is 16.2. The maximum atomic E-state index is 12.8. The molecule has 0 aromatic carbocycles. The molecule has 21 heavy (non-hydrogen) atoms. The van der Waals surface area contributed by atoms with Crippen molar-refractivity contribution in [2.75, 3.05) is 26.7 Å². The molecule has 0 aromatic rings. The van der Waals surface area contributed by atoms with Crippen molar-refractivity contribution in [3.63, 3.8) is 0 Å². The highest BCUT2D eigenvalue weighted by molar-refractivity contribution is 5.97. The summed E-state index contributed by atoms with van der Waals surface area (Å²) < 4.78 is 0. The summed E-state index contributed by atoms with van der Waals surface area (Å²) in [7, 11) is 2.11. The summed E-state index contributed by atoms with van der Waals surface area (Å²) >= 11 is 0. The molecule has 5 heteroatoms. The van der Waals surface area contributed by atoms with Crippen LogP contribution in [0.15, 0.2) is 0 Å². The van der Waals surface area contributed by atoms with Gasteiger partial charge in [0.1, 0.15) is 12.1 Å². The molecule has 2 amide bonds. The van der Waals surface area contributed by atoms with Gasteiger partial charge in [-0.25, -0.2) is 0 Å². The third kappa shape index (κ3) is 3.39. The van der Waals surface area contributed by atoms with Crippen LogP contribution in [0.4, 0.5) is 0 Å². The number of piperazine rings is 1. The average Bonchev–Trinajstić information content (AvgIpc) is 2.78. The summed E-state index contributed by atoms with van der Waals surface area (Å²) in [5, 5.41) is 2.92. The summed E-state index contributed by atoms with van der Waals surface area (Å²) in [6.07, 6.45) is 1.11. The van der Waals surface area contributed by atoms with Crippen LogP contribution in [0.25, 0.3) is 0 Å². The quantitative estimate of drug-likeness (QED) is 0.840. The zero-order valence-corrected chi connectivity index (χ0v) is 13.9. The van der Waals surface area contributed by atoms with Gasteiger partial charge in [-0.05, 0) is 37.8 Å². The molecule has 5 nitrogen and oxygen atoms in total. The van der Waals surface area contributed by atoms with Crippen molar-refractivity contribution >= 4 is 11.8 Å². The van der Waals surface area contributed by atoms with E-state index >= 15 is 0 Å². The lowest BCUT2D eigenvalue weighted by molar-refractivity contribution is -0.153. The second kappa shape index (κ2) is 6.34. The molecule has 0 saturated carbocycles. The fraction of sp³-hybridized carbons (Fsp3) is 0.875. The van der Waals surface area contributed by atoms with Crippen molar-refractivity contribution in [1.82, 2.24) is 15.1 Å². The molecular formula is C16H29N3O2. The zero-order chi connectivity index (χ0) is 15.7. The molecule has 0 aromatic heterocycles. The van der Waals surface area contributed by atoms with Crippen LogP contribution >= 0.6 is 0 Å². The third-order valence-corrected chi connectivity index (χ3v) is 4.69. The average molecular weight is 295 g/mol. The van der Waals surface area contributed by atoms with Gasteiger partial charge < -0.3 is 15.1 Å². The fourth-order valence-corrected chi connectivity index (χ4v) is 3.53. The van der Waals surface area contributed by atoms with Gasteiger partial charge >= 0.3 is 0 Å². The Hall–Kier alpha value is -1.10. The summed E-state index contributed by atoms with van der Waals surface area (Å²) in [4.78, 5) is 29.4. The molecule has 2 aliphatic heterocycles. The van der Waals surface area contributed by atoms with Gasteiger partial charge in [-0.15, -0.1) is 0 Å². The standard InChI is InChI=1S/C16H29N3O2/c1-10(2)13-16(21)19(9-12-6-7-18(5)8-12)14(11(3)4)15(20)17-13/h10-14H,6-9H2,1-5H3,(H,17,20).